The fourth-order valence-corrected chi connectivity index (χ4v) is 3.03. The lowest BCUT2D eigenvalue weighted by atomic mass is 9.78. The molecule has 1 aromatic rings. The molecule has 0 bridgehead atoms. The summed E-state index contributed by atoms with van der Waals surface area (Å²) in [5.41, 5.74) is 1.71. The van der Waals surface area contributed by atoms with Crippen molar-refractivity contribution in [2.45, 2.75) is 46.1 Å². The van der Waals surface area contributed by atoms with Crippen molar-refractivity contribution in [2.24, 2.45) is 11.8 Å². The van der Waals surface area contributed by atoms with Gasteiger partial charge in [-0.25, -0.2) is 0 Å². The van der Waals surface area contributed by atoms with E-state index in [1.54, 1.807) is 7.11 Å². The van der Waals surface area contributed by atoms with Crippen LogP contribution in [0.15, 0.2) is 18.2 Å². The van der Waals surface area contributed by atoms with Crippen LogP contribution in [0.5, 0.6) is 5.75 Å². The Morgan fingerprint density at radius 1 is 1.30 bits per heavy atom. The molecule has 1 N–H and O–H groups in total. The lowest BCUT2D eigenvalue weighted by Gasteiger charge is -2.34. The van der Waals surface area contributed by atoms with Gasteiger partial charge in [0.15, 0.2) is 0 Å². The van der Waals surface area contributed by atoms with E-state index in [9.17, 15) is 4.79 Å². The largest absolute Gasteiger partial charge is 0.496 e. The van der Waals surface area contributed by atoms with Crippen molar-refractivity contribution in [1.82, 2.24) is 5.32 Å². The molecule has 0 radical (unpaired) electrons. The maximum Gasteiger partial charge on any atom is 0.255 e. The van der Waals surface area contributed by atoms with Crippen LogP contribution in [0.25, 0.3) is 0 Å². The van der Waals surface area contributed by atoms with Crippen molar-refractivity contribution >= 4 is 5.91 Å². The standard InChI is InChI=1S/C17H25NO2/c1-11-8-9-16(20-4)14(10-11)17(19)18-15-7-5-6-12(2)13(15)3/h8-10,12-13,15H,5-7H2,1-4H3,(H,18,19). The van der Waals surface area contributed by atoms with Crippen LogP contribution in [0.1, 0.15) is 49.0 Å². The van der Waals surface area contributed by atoms with Gasteiger partial charge in [0.25, 0.3) is 5.91 Å². The Morgan fingerprint density at radius 2 is 2.05 bits per heavy atom. The number of rotatable bonds is 3. The molecule has 0 spiro atoms. The van der Waals surface area contributed by atoms with E-state index in [4.69, 9.17) is 4.74 Å². The highest BCUT2D eigenvalue weighted by Gasteiger charge is 2.28. The fourth-order valence-electron chi connectivity index (χ4n) is 3.03. The SMILES string of the molecule is COc1ccc(C)cc1C(=O)NC1CCCC(C)C1C. The number of hydrogen-bond acceptors (Lipinski definition) is 2. The van der Waals surface area contributed by atoms with Gasteiger partial charge in [0.1, 0.15) is 5.75 Å². The summed E-state index contributed by atoms with van der Waals surface area (Å²) in [6.07, 6.45) is 3.54. The van der Waals surface area contributed by atoms with Gasteiger partial charge < -0.3 is 10.1 Å². The number of carbonyl (C=O) groups excluding carboxylic acids is 1. The summed E-state index contributed by atoms with van der Waals surface area (Å²) in [5, 5.41) is 3.20. The second kappa shape index (κ2) is 6.29. The predicted molar refractivity (Wildman–Crippen MR) is 81.2 cm³/mol. The van der Waals surface area contributed by atoms with Crippen LogP contribution < -0.4 is 10.1 Å². The van der Waals surface area contributed by atoms with E-state index in [1.807, 2.05) is 25.1 Å². The Balaban J connectivity index is 2.13. The Hall–Kier alpha value is -1.51. The van der Waals surface area contributed by atoms with E-state index in [1.165, 1.54) is 12.8 Å². The first-order chi connectivity index (χ1) is 9.52. The molecule has 0 saturated heterocycles. The van der Waals surface area contributed by atoms with Crippen molar-refractivity contribution in [3.63, 3.8) is 0 Å². The van der Waals surface area contributed by atoms with Gasteiger partial charge in [-0.2, -0.15) is 0 Å². The first-order valence-corrected chi connectivity index (χ1v) is 7.48. The van der Waals surface area contributed by atoms with Gasteiger partial charge in [-0.3, -0.25) is 4.79 Å². The number of ether oxygens (including phenoxy) is 1. The number of nitrogens with one attached hydrogen (secondary N) is 1. The smallest absolute Gasteiger partial charge is 0.255 e. The van der Waals surface area contributed by atoms with E-state index in [2.05, 4.69) is 19.2 Å². The van der Waals surface area contributed by atoms with Crippen LogP contribution in [-0.4, -0.2) is 19.1 Å². The zero-order valence-electron chi connectivity index (χ0n) is 12.9. The number of benzene rings is 1. The minimum absolute atomic E-state index is 0.0171. The molecule has 3 heteroatoms. The number of amides is 1. The molecule has 3 unspecified atom stereocenters. The van der Waals surface area contributed by atoms with E-state index in [-0.39, 0.29) is 11.9 Å². The second-order valence-corrected chi connectivity index (χ2v) is 6.05. The highest BCUT2D eigenvalue weighted by Crippen LogP contribution is 2.30. The number of methoxy groups -OCH3 is 1. The number of carbonyl (C=O) groups is 1. The molecular formula is C17H25NO2. The third-order valence-electron chi connectivity index (χ3n) is 4.62. The van der Waals surface area contributed by atoms with Crippen molar-refractivity contribution in [2.75, 3.05) is 7.11 Å². The van der Waals surface area contributed by atoms with Gasteiger partial charge in [-0.15, -0.1) is 0 Å². The van der Waals surface area contributed by atoms with E-state index in [0.29, 0.717) is 23.1 Å². The number of hydrogen-bond donors (Lipinski definition) is 1. The van der Waals surface area contributed by atoms with Gasteiger partial charge in [-0.1, -0.05) is 38.3 Å². The fraction of sp³-hybridized carbons (Fsp3) is 0.588. The van der Waals surface area contributed by atoms with Crippen molar-refractivity contribution in [3.8, 4) is 5.75 Å². The molecule has 20 heavy (non-hydrogen) atoms. The maximum atomic E-state index is 12.5. The van der Waals surface area contributed by atoms with E-state index < -0.39 is 0 Å². The molecule has 0 aromatic heterocycles. The van der Waals surface area contributed by atoms with Gasteiger partial charge in [-0.05, 0) is 37.3 Å². The van der Waals surface area contributed by atoms with Gasteiger partial charge in [0, 0.05) is 6.04 Å². The normalized spacial score (nSPS) is 26.1. The molecule has 1 amide bonds. The first-order valence-electron chi connectivity index (χ1n) is 7.48. The monoisotopic (exact) mass is 275 g/mol. The molecule has 1 aromatic carbocycles. The molecule has 0 heterocycles. The molecule has 2 rings (SSSR count). The molecule has 3 atom stereocenters. The van der Waals surface area contributed by atoms with Crippen molar-refractivity contribution in [3.05, 3.63) is 29.3 Å². The van der Waals surface area contributed by atoms with Crippen LogP contribution in [0.3, 0.4) is 0 Å². The van der Waals surface area contributed by atoms with E-state index >= 15 is 0 Å². The Morgan fingerprint density at radius 3 is 2.75 bits per heavy atom. The van der Waals surface area contributed by atoms with E-state index in [0.717, 1.165) is 12.0 Å². The highest BCUT2D eigenvalue weighted by molar-refractivity contribution is 5.97. The summed E-state index contributed by atoms with van der Waals surface area (Å²) in [7, 11) is 1.60. The summed E-state index contributed by atoms with van der Waals surface area (Å²) in [6, 6.07) is 5.99. The summed E-state index contributed by atoms with van der Waals surface area (Å²) < 4.78 is 5.30. The van der Waals surface area contributed by atoms with Crippen LogP contribution in [0, 0.1) is 18.8 Å². The molecule has 110 valence electrons. The Bertz CT molecular complexity index is 484. The summed E-state index contributed by atoms with van der Waals surface area (Å²) >= 11 is 0. The Kier molecular flexibility index (Phi) is 4.69. The second-order valence-electron chi connectivity index (χ2n) is 6.05. The third kappa shape index (κ3) is 3.14. The van der Waals surface area contributed by atoms with Crippen LogP contribution in [0.2, 0.25) is 0 Å². The Labute approximate surface area is 121 Å². The maximum absolute atomic E-state index is 12.5. The van der Waals surface area contributed by atoms with Gasteiger partial charge in [0.2, 0.25) is 0 Å². The zero-order valence-corrected chi connectivity index (χ0v) is 12.9. The van der Waals surface area contributed by atoms with Crippen molar-refractivity contribution < 1.29 is 9.53 Å². The molecule has 1 fully saturated rings. The zero-order chi connectivity index (χ0) is 14.7. The molecule has 0 aliphatic heterocycles. The van der Waals surface area contributed by atoms with Crippen molar-refractivity contribution in [1.29, 1.82) is 0 Å². The molecule has 1 aliphatic rings. The van der Waals surface area contributed by atoms with Gasteiger partial charge in [0.05, 0.1) is 12.7 Å². The summed E-state index contributed by atoms with van der Waals surface area (Å²) in [6.45, 7) is 6.50. The van der Waals surface area contributed by atoms with Gasteiger partial charge >= 0.3 is 0 Å². The average molecular weight is 275 g/mol. The third-order valence-corrected chi connectivity index (χ3v) is 4.62. The molecular weight excluding hydrogens is 250 g/mol. The summed E-state index contributed by atoms with van der Waals surface area (Å²) in [4.78, 5) is 12.5. The topological polar surface area (TPSA) is 38.3 Å². The minimum atomic E-state index is -0.0171. The highest BCUT2D eigenvalue weighted by atomic mass is 16.5. The lowest BCUT2D eigenvalue weighted by Crippen LogP contribution is -2.43. The first kappa shape index (κ1) is 14.9. The van der Waals surface area contributed by atoms with Crippen LogP contribution in [0.4, 0.5) is 0 Å². The quantitative estimate of drug-likeness (QED) is 0.916. The predicted octanol–water partition coefficient (Wildman–Crippen LogP) is 3.56. The molecule has 1 saturated carbocycles. The lowest BCUT2D eigenvalue weighted by molar-refractivity contribution is 0.0888. The summed E-state index contributed by atoms with van der Waals surface area (Å²) in [5.74, 6) is 1.83. The van der Waals surface area contributed by atoms with Crippen LogP contribution >= 0.6 is 0 Å². The number of aryl methyl sites for hydroxylation is 1. The minimum Gasteiger partial charge on any atom is -0.496 e. The molecule has 3 nitrogen and oxygen atoms in total. The van der Waals surface area contributed by atoms with Crippen LogP contribution in [-0.2, 0) is 0 Å². The average Bonchev–Trinajstić information content (AvgIpc) is 2.43. The molecule has 1 aliphatic carbocycles.